The van der Waals surface area contributed by atoms with Crippen LogP contribution in [0.4, 0.5) is 0 Å². The standard InChI is InChI=1S/C12H16BrN5/c1-8(2)14-7-12-15-16-17-18(12)11-6-9(3)4-5-10(11)13/h4-6,8,14H,7H2,1-3H3. The highest BCUT2D eigenvalue weighted by Crippen LogP contribution is 2.22. The Bertz CT molecular complexity index is 535. The zero-order chi connectivity index (χ0) is 13.1. The number of aromatic nitrogens is 4. The summed E-state index contributed by atoms with van der Waals surface area (Å²) in [5.74, 6) is 0.801. The summed E-state index contributed by atoms with van der Waals surface area (Å²) in [6.07, 6.45) is 0. The third-order valence-electron chi connectivity index (χ3n) is 2.53. The normalized spacial score (nSPS) is 11.2. The molecule has 0 atom stereocenters. The Hall–Kier alpha value is -1.27. The van der Waals surface area contributed by atoms with Crippen LogP contribution in [0.3, 0.4) is 0 Å². The van der Waals surface area contributed by atoms with Crippen LogP contribution in [0.25, 0.3) is 5.69 Å². The molecule has 18 heavy (non-hydrogen) atoms. The van der Waals surface area contributed by atoms with Gasteiger partial charge < -0.3 is 5.32 Å². The van der Waals surface area contributed by atoms with E-state index in [0.717, 1.165) is 16.0 Å². The van der Waals surface area contributed by atoms with Crippen LogP contribution in [0, 0.1) is 6.92 Å². The predicted molar refractivity (Wildman–Crippen MR) is 73.6 cm³/mol. The summed E-state index contributed by atoms with van der Waals surface area (Å²) in [5.41, 5.74) is 2.13. The minimum atomic E-state index is 0.399. The number of aryl methyl sites for hydroxylation is 1. The average Bonchev–Trinajstić information content (AvgIpc) is 2.77. The molecule has 0 saturated carbocycles. The molecule has 1 aromatic carbocycles. The maximum absolute atomic E-state index is 4.05. The SMILES string of the molecule is Cc1ccc(Br)c(-n2nnnc2CNC(C)C)c1. The van der Waals surface area contributed by atoms with Gasteiger partial charge in [-0.3, -0.25) is 0 Å². The number of hydrogen-bond acceptors (Lipinski definition) is 4. The molecule has 1 heterocycles. The number of nitrogens with zero attached hydrogens (tertiary/aromatic N) is 4. The Balaban J connectivity index is 2.33. The Kier molecular flexibility index (Phi) is 4.08. The molecule has 0 saturated heterocycles. The van der Waals surface area contributed by atoms with E-state index >= 15 is 0 Å². The van der Waals surface area contributed by atoms with Gasteiger partial charge in [0.25, 0.3) is 0 Å². The van der Waals surface area contributed by atoms with Crippen molar-refractivity contribution in [3.05, 3.63) is 34.1 Å². The van der Waals surface area contributed by atoms with Gasteiger partial charge in [-0.2, -0.15) is 4.68 Å². The second-order valence-corrected chi connectivity index (χ2v) is 5.35. The lowest BCUT2D eigenvalue weighted by atomic mass is 10.2. The van der Waals surface area contributed by atoms with E-state index < -0.39 is 0 Å². The van der Waals surface area contributed by atoms with Crippen molar-refractivity contribution in [2.75, 3.05) is 0 Å². The molecule has 0 radical (unpaired) electrons. The van der Waals surface area contributed by atoms with Gasteiger partial charge in [0.1, 0.15) is 0 Å². The van der Waals surface area contributed by atoms with Crippen LogP contribution in [0.5, 0.6) is 0 Å². The van der Waals surface area contributed by atoms with Crippen LogP contribution < -0.4 is 5.32 Å². The van der Waals surface area contributed by atoms with Gasteiger partial charge in [-0.25, -0.2) is 0 Å². The van der Waals surface area contributed by atoms with E-state index in [2.05, 4.69) is 56.7 Å². The average molecular weight is 310 g/mol. The molecule has 0 amide bonds. The highest BCUT2D eigenvalue weighted by molar-refractivity contribution is 9.10. The number of tetrazole rings is 1. The lowest BCUT2D eigenvalue weighted by Crippen LogP contribution is -2.24. The van der Waals surface area contributed by atoms with E-state index in [0.29, 0.717) is 12.6 Å². The van der Waals surface area contributed by atoms with Crippen molar-refractivity contribution >= 4 is 15.9 Å². The van der Waals surface area contributed by atoms with E-state index in [1.54, 1.807) is 4.68 Å². The van der Waals surface area contributed by atoms with E-state index in [9.17, 15) is 0 Å². The number of rotatable bonds is 4. The van der Waals surface area contributed by atoms with Gasteiger partial charge in [0.2, 0.25) is 0 Å². The molecular weight excluding hydrogens is 294 g/mol. The molecule has 2 rings (SSSR count). The molecule has 0 bridgehead atoms. The van der Waals surface area contributed by atoms with Crippen molar-refractivity contribution in [2.45, 2.75) is 33.4 Å². The summed E-state index contributed by atoms with van der Waals surface area (Å²) in [6, 6.07) is 6.51. The fourth-order valence-electron chi connectivity index (χ4n) is 1.58. The molecule has 1 N–H and O–H groups in total. The zero-order valence-electron chi connectivity index (χ0n) is 10.7. The van der Waals surface area contributed by atoms with Crippen LogP contribution in [0.1, 0.15) is 25.2 Å². The molecule has 6 heteroatoms. The summed E-state index contributed by atoms with van der Waals surface area (Å²) in [4.78, 5) is 0. The summed E-state index contributed by atoms with van der Waals surface area (Å²) >= 11 is 3.53. The first kappa shape index (κ1) is 13.2. The van der Waals surface area contributed by atoms with Crippen LogP contribution in [-0.4, -0.2) is 26.2 Å². The van der Waals surface area contributed by atoms with E-state index in [-0.39, 0.29) is 0 Å². The molecule has 1 aromatic heterocycles. The summed E-state index contributed by atoms with van der Waals surface area (Å²) in [7, 11) is 0. The lowest BCUT2D eigenvalue weighted by molar-refractivity contribution is 0.563. The molecular formula is C12H16BrN5. The van der Waals surface area contributed by atoms with Crippen molar-refractivity contribution < 1.29 is 0 Å². The minimum absolute atomic E-state index is 0.399. The van der Waals surface area contributed by atoms with Crippen molar-refractivity contribution in [1.82, 2.24) is 25.5 Å². The quantitative estimate of drug-likeness (QED) is 0.941. The molecule has 96 valence electrons. The Morgan fingerprint density at radius 1 is 1.39 bits per heavy atom. The molecule has 0 aliphatic carbocycles. The first-order chi connectivity index (χ1) is 8.58. The third kappa shape index (κ3) is 2.94. The zero-order valence-corrected chi connectivity index (χ0v) is 12.3. The third-order valence-corrected chi connectivity index (χ3v) is 3.20. The predicted octanol–water partition coefficient (Wildman–Crippen LogP) is 2.23. The van der Waals surface area contributed by atoms with Gasteiger partial charge in [0, 0.05) is 10.5 Å². The molecule has 0 fully saturated rings. The Morgan fingerprint density at radius 2 is 2.17 bits per heavy atom. The second-order valence-electron chi connectivity index (χ2n) is 4.50. The number of halogens is 1. The fraction of sp³-hybridized carbons (Fsp3) is 0.417. The van der Waals surface area contributed by atoms with Gasteiger partial charge >= 0.3 is 0 Å². The first-order valence-electron chi connectivity index (χ1n) is 5.85. The van der Waals surface area contributed by atoms with Crippen LogP contribution >= 0.6 is 15.9 Å². The maximum Gasteiger partial charge on any atom is 0.170 e. The smallest absolute Gasteiger partial charge is 0.170 e. The van der Waals surface area contributed by atoms with Gasteiger partial charge in [-0.1, -0.05) is 19.9 Å². The van der Waals surface area contributed by atoms with Gasteiger partial charge in [0.15, 0.2) is 5.82 Å². The maximum atomic E-state index is 4.05. The molecule has 0 unspecified atom stereocenters. The van der Waals surface area contributed by atoms with Crippen LogP contribution in [-0.2, 0) is 6.54 Å². The largest absolute Gasteiger partial charge is 0.308 e. The summed E-state index contributed by atoms with van der Waals surface area (Å²) in [5, 5.41) is 15.2. The van der Waals surface area contributed by atoms with Crippen LogP contribution in [0.15, 0.2) is 22.7 Å². The van der Waals surface area contributed by atoms with E-state index in [1.165, 1.54) is 5.56 Å². The number of nitrogens with one attached hydrogen (secondary N) is 1. The first-order valence-corrected chi connectivity index (χ1v) is 6.64. The van der Waals surface area contributed by atoms with Crippen molar-refractivity contribution in [2.24, 2.45) is 0 Å². The lowest BCUT2D eigenvalue weighted by Gasteiger charge is -2.10. The van der Waals surface area contributed by atoms with Gasteiger partial charge in [0.05, 0.1) is 12.2 Å². The summed E-state index contributed by atoms with van der Waals surface area (Å²) in [6.45, 7) is 6.88. The highest BCUT2D eigenvalue weighted by Gasteiger charge is 2.11. The van der Waals surface area contributed by atoms with Crippen molar-refractivity contribution in [3.63, 3.8) is 0 Å². The number of benzene rings is 1. The molecule has 0 aliphatic heterocycles. The molecule has 0 aliphatic rings. The van der Waals surface area contributed by atoms with Crippen LogP contribution in [0.2, 0.25) is 0 Å². The van der Waals surface area contributed by atoms with Gasteiger partial charge in [-0.15, -0.1) is 5.10 Å². The Morgan fingerprint density at radius 3 is 2.89 bits per heavy atom. The summed E-state index contributed by atoms with van der Waals surface area (Å²) < 4.78 is 2.73. The van der Waals surface area contributed by atoms with Crippen molar-refractivity contribution in [1.29, 1.82) is 0 Å². The van der Waals surface area contributed by atoms with E-state index in [4.69, 9.17) is 0 Å². The Labute approximate surface area is 115 Å². The monoisotopic (exact) mass is 309 g/mol. The highest BCUT2D eigenvalue weighted by atomic mass is 79.9. The topological polar surface area (TPSA) is 55.6 Å². The molecule has 2 aromatic rings. The van der Waals surface area contributed by atoms with E-state index in [1.807, 2.05) is 19.1 Å². The second kappa shape index (κ2) is 5.58. The van der Waals surface area contributed by atoms with Crippen molar-refractivity contribution in [3.8, 4) is 5.69 Å². The molecule has 5 nitrogen and oxygen atoms in total. The minimum Gasteiger partial charge on any atom is -0.308 e. The fourth-order valence-corrected chi connectivity index (χ4v) is 2.00. The number of hydrogen-bond donors (Lipinski definition) is 1. The van der Waals surface area contributed by atoms with Gasteiger partial charge in [-0.05, 0) is 51.0 Å². The molecule has 0 spiro atoms.